The molecule has 1 amide bonds. The third-order valence-electron chi connectivity index (χ3n) is 3.01. The van der Waals surface area contributed by atoms with Crippen LogP contribution >= 0.6 is 0 Å². The van der Waals surface area contributed by atoms with Crippen LogP contribution in [0.2, 0.25) is 0 Å². The van der Waals surface area contributed by atoms with E-state index in [1.165, 1.54) is 18.2 Å². The Morgan fingerprint density at radius 1 is 1.53 bits per heavy atom. The normalized spacial score (nSPS) is 12.5. The standard InChI is InChI=1S/C14H22FN3O/c1-4-10(2)8-18(3)9-14(19)17-11-5-6-12(15)13(16)7-11/h5-7,10H,4,8-9,16H2,1-3H3,(H,17,19). The molecule has 0 spiro atoms. The zero-order valence-corrected chi connectivity index (χ0v) is 11.7. The summed E-state index contributed by atoms with van der Waals surface area (Å²) in [6, 6.07) is 4.16. The number of likely N-dealkylation sites (N-methyl/N-ethyl adjacent to an activating group) is 1. The number of carbonyl (C=O) groups excluding carboxylic acids is 1. The summed E-state index contributed by atoms with van der Waals surface area (Å²) in [5.41, 5.74) is 5.99. The fourth-order valence-corrected chi connectivity index (χ4v) is 1.79. The van der Waals surface area contributed by atoms with Gasteiger partial charge in [0, 0.05) is 12.2 Å². The smallest absolute Gasteiger partial charge is 0.238 e. The molecule has 3 N–H and O–H groups in total. The van der Waals surface area contributed by atoms with Crippen molar-refractivity contribution in [1.29, 1.82) is 0 Å². The molecule has 0 bridgehead atoms. The topological polar surface area (TPSA) is 58.4 Å². The summed E-state index contributed by atoms with van der Waals surface area (Å²) in [6.07, 6.45) is 1.08. The van der Waals surface area contributed by atoms with E-state index in [2.05, 4.69) is 19.2 Å². The van der Waals surface area contributed by atoms with Gasteiger partial charge in [0.15, 0.2) is 0 Å². The van der Waals surface area contributed by atoms with Gasteiger partial charge in [0.2, 0.25) is 5.91 Å². The van der Waals surface area contributed by atoms with E-state index < -0.39 is 5.82 Å². The highest BCUT2D eigenvalue weighted by Crippen LogP contribution is 2.16. The van der Waals surface area contributed by atoms with Crippen LogP contribution in [0.15, 0.2) is 18.2 Å². The third-order valence-corrected chi connectivity index (χ3v) is 3.01. The van der Waals surface area contributed by atoms with Crippen molar-refractivity contribution in [3.8, 4) is 0 Å². The fourth-order valence-electron chi connectivity index (χ4n) is 1.79. The van der Waals surface area contributed by atoms with E-state index >= 15 is 0 Å². The number of halogens is 1. The molecule has 5 heteroatoms. The van der Waals surface area contributed by atoms with Crippen LogP contribution in [0.4, 0.5) is 15.8 Å². The molecule has 0 aliphatic heterocycles. The zero-order chi connectivity index (χ0) is 14.4. The predicted octanol–water partition coefficient (Wildman–Crippen LogP) is 2.32. The lowest BCUT2D eigenvalue weighted by molar-refractivity contribution is -0.117. The number of amides is 1. The number of nitrogen functional groups attached to an aromatic ring is 1. The average Bonchev–Trinajstić information content (AvgIpc) is 2.33. The first kappa shape index (κ1) is 15.4. The molecule has 0 heterocycles. The van der Waals surface area contributed by atoms with E-state index in [0.717, 1.165) is 13.0 Å². The molecule has 0 saturated carbocycles. The molecule has 1 rings (SSSR count). The molecule has 4 nitrogen and oxygen atoms in total. The van der Waals surface area contributed by atoms with Crippen molar-refractivity contribution in [2.75, 3.05) is 31.2 Å². The van der Waals surface area contributed by atoms with E-state index in [-0.39, 0.29) is 11.6 Å². The van der Waals surface area contributed by atoms with Gasteiger partial charge in [0.25, 0.3) is 0 Å². The first-order valence-corrected chi connectivity index (χ1v) is 6.45. The quantitative estimate of drug-likeness (QED) is 0.778. The summed E-state index contributed by atoms with van der Waals surface area (Å²) in [7, 11) is 1.91. The van der Waals surface area contributed by atoms with Crippen molar-refractivity contribution < 1.29 is 9.18 Å². The van der Waals surface area contributed by atoms with Crippen molar-refractivity contribution in [2.24, 2.45) is 5.92 Å². The van der Waals surface area contributed by atoms with Crippen molar-refractivity contribution in [3.05, 3.63) is 24.0 Å². The van der Waals surface area contributed by atoms with Crippen LogP contribution in [0.1, 0.15) is 20.3 Å². The number of hydrogen-bond acceptors (Lipinski definition) is 3. The Labute approximate surface area is 113 Å². The summed E-state index contributed by atoms with van der Waals surface area (Å²) < 4.78 is 13.0. The molecular weight excluding hydrogens is 245 g/mol. The Morgan fingerprint density at radius 3 is 2.79 bits per heavy atom. The lowest BCUT2D eigenvalue weighted by Gasteiger charge is -2.19. The minimum Gasteiger partial charge on any atom is -0.396 e. The molecule has 0 aliphatic carbocycles. The van der Waals surface area contributed by atoms with E-state index in [1.807, 2.05) is 11.9 Å². The van der Waals surface area contributed by atoms with Crippen LogP contribution in [0, 0.1) is 11.7 Å². The van der Waals surface area contributed by atoms with Gasteiger partial charge < -0.3 is 11.1 Å². The van der Waals surface area contributed by atoms with Crippen LogP contribution in [0.3, 0.4) is 0 Å². The molecule has 0 saturated heterocycles. The second kappa shape index (κ2) is 7.09. The van der Waals surface area contributed by atoms with Gasteiger partial charge in [-0.25, -0.2) is 4.39 Å². The van der Waals surface area contributed by atoms with Crippen LogP contribution < -0.4 is 11.1 Å². The molecule has 0 aromatic heterocycles. The molecule has 1 aromatic carbocycles. The number of carbonyl (C=O) groups is 1. The second-order valence-corrected chi connectivity index (χ2v) is 4.99. The highest BCUT2D eigenvalue weighted by Gasteiger charge is 2.10. The van der Waals surface area contributed by atoms with Gasteiger partial charge in [-0.2, -0.15) is 0 Å². The number of rotatable bonds is 6. The number of benzene rings is 1. The minimum atomic E-state index is -0.480. The monoisotopic (exact) mass is 267 g/mol. The number of nitrogens with one attached hydrogen (secondary N) is 1. The first-order valence-electron chi connectivity index (χ1n) is 6.45. The van der Waals surface area contributed by atoms with Gasteiger partial charge in [-0.15, -0.1) is 0 Å². The van der Waals surface area contributed by atoms with Crippen LogP contribution in [-0.4, -0.2) is 30.9 Å². The Kier molecular flexibility index (Phi) is 5.76. The van der Waals surface area contributed by atoms with Crippen LogP contribution in [0.5, 0.6) is 0 Å². The van der Waals surface area contributed by atoms with E-state index in [0.29, 0.717) is 18.2 Å². The predicted molar refractivity (Wildman–Crippen MR) is 76.4 cm³/mol. The van der Waals surface area contributed by atoms with Crippen molar-refractivity contribution in [2.45, 2.75) is 20.3 Å². The first-order chi connectivity index (χ1) is 8.92. The Hall–Kier alpha value is -1.62. The Balaban J connectivity index is 2.48. The van der Waals surface area contributed by atoms with Gasteiger partial charge in [-0.05, 0) is 31.2 Å². The summed E-state index contributed by atoms with van der Waals surface area (Å²) in [5, 5.41) is 2.70. The van der Waals surface area contributed by atoms with Gasteiger partial charge in [-0.1, -0.05) is 20.3 Å². The van der Waals surface area contributed by atoms with Crippen LogP contribution in [-0.2, 0) is 4.79 Å². The number of hydrogen-bond donors (Lipinski definition) is 2. The summed E-state index contributed by atoms with van der Waals surface area (Å²) in [5.74, 6) is -0.0528. The maximum atomic E-state index is 13.0. The molecular formula is C14H22FN3O. The largest absolute Gasteiger partial charge is 0.396 e. The summed E-state index contributed by atoms with van der Waals surface area (Å²) in [6.45, 7) is 5.45. The van der Waals surface area contributed by atoms with Crippen molar-refractivity contribution >= 4 is 17.3 Å². The van der Waals surface area contributed by atoms with Gasteiger partial charge in [-0.3, -0.25) is 9.69 Å². The molecule has 0 aliphatic rings. The van der Waals surface area contributed by atoms with E-state index in [4.69, 9.17) is 5.73 Å². The molecule has 19 heavy (non-hydrogen) atoms. The molecule has 0 radical (unpaired) electrons. The summed E-state index contributed by atoms with van der Waals surface area (Å²) >= 11 is 0. The average molecular weight is 267 g/mol. The van der Waals surface area contributed by atoms with Crippen molar-refractivity contribution in [3.63, 3.8) is 0 Å². The highest BCUT2D eigenvalue weighted by atomic mass is 19.1. The zero-order valence-electron chi connectivity index (χ0n) is 11.7. The maximum Gasteiger partial charge on any atom is 0.238 e. The molecule has 0 fully saturated rings. The molecule has 1 aromatic rings. The maximum absolute atomic E-state index is 13.0. The number of anilines is 2. The SMILES string of the molecule is CCC(C)CN(C)CC(=O)Nc1ccc(F)c(N)c1. The second-order valence-electron chi connectivity index (χ2n) is 4.99. The van der Waals surface area contributed by atoms with Crippen molar-refractivity contribution in [1.82, 2.24) is 4.90 Å². The lowest BCUT2D eigenvalue weighted by atomic mass is 10.1. The fraction of sp³-hybridized carbons (Fsp3) is 0.500. The van der Waals surface area contributed by atoms with Gasteiger partial charge in [0.1, 0.15) is 5.82 Å². The van der Waals surface area contributed by atoms with Crippen LogP contribution in [0.25, 0.3) is 0 Å². The van der Waals surface area contributed by atoms with Gasteiger partial charge >= 0.3 is 0 Å². The van der Waals surface area contributed by atoms with E-state index in [9.17, 15) is 9.18 Å². The summed E-state index contributed by atoms with van der Waals surface area (Å²) in [4.78, 5) is 13.8. The molecule has 106 valence electrons. The van der Waals surface area contributed by atoms with E-state index in [1.54, 1.807) is 0 Å². The number of nitrogens with two attached hydrogens (primary N) is 1. The highest BCUT2D eigenvalue weighted by molar-refractivity contribution is 5.92. The lowest BCUT2D eigenvalue weighted by Crippen LogP contribution is -2.33. The Morgan fingerprint density at radius 2 is 2.21 bits per heavy atom. The Bertz CT molecular complexity index is 437. The minimum absolute atomic E-state index is 0.0331. The third kappa shape index (κ3) is 5.26. The molecule has 1 unspecified atom stereocenters. The molecule has 1 atom stereocenters. The number of nitrogens with zero attached hydrogens (tertiary/aromatic N) is 1. The van der Waals surface area contributed by atoms with Gasteiger partial charge in [0.05, 0.1) is 12.2 Å².